The number of aromatic nitrogens is 1. The summed E-state index contributed by atoms with van der Waals surface area (Å²) in [6.45, 7) is 7.20. The number of unbranched alkanes of at least 4 members (excludes halogenated alkanes) is 1. The first-order chi connectivity index (χ1) is 11.7. The van der Waals surface area contributed by atoms with E-state index >= 15 is 0 Å². The van der Waals surface area contributed by atoms with Gasteiger partial charge in [0.2, 0.25) is 0 Å². The second-order valence-electron chi connectivity index (χ2n) is 6.49. The van der Waals surface area contributed by atoms with Crippen LogP contribution < -0.4 is 5.32 Å². The maximum atomic E-state index is 13.0. The first-order valence-corrected chi connectivity index (χ1v) is 9.25. The smallest absolute Gasteiger partial charge is 0.252 e. The fourth-order valence-electron chi connectivity index (χ4n) is 3.07. The number of carbonyl (C=O) groups excluding carboxylic acids is 1. The lowest BCUT2D eigenvalue weighted by molar-refractivity contribution is -0.146. The summed E-state index contributed by atoms with van der Waals surface area (Å²) in [6.07, 6.45) is 6.58. The zero-order valence-electron chi connectivity index (χ0n) is 15.0. The molecule has 2 heterocycles. The zero-order valence-corrected chi connectivity index (χ0v) is 15.0. The van der Waals surface area contributed by atoms with Gasteiger partial charge in [-0.1, -0.05) is 19.4 Å². The number of rotatable bonds is 8. The molecule has 1 aromatic rings. The first-order valence-electron chi connectivity index (χ1n) is 9.25. The molecule has 0 aliphatic carbocycles. The molecule has 0 aromatic carbocycles. The van der Waals surface area contributed by atoms with E-state index in [0.29, 0.717) is 13.2 Å². The van der Waals surface area contributed by atoms with Gasteiger partial charge in [-0.05, 0) is 57.8 Å². The van der Waals surface area contributed by atoms with E-state index < -0.39 is 6.10 Å². The van der Waals surface area contributed by atoms with Gasteiger partial charge in [0, 0.05) is 18.8 Å². The number of pyridine rings is 1. The fraction of sp³-hybridized carbons (Fsp3) is 0.684. The largest absolute Gasteiger partial charge is 0.369 e. The van der Waals surface area contributed by atoms with E-state index in [4.69, 9.17) is 4.74 Å². The molecule has 5 nitrogen and oxygen atoms in total. The van der Waals surface area contributed by atoms with Crippen LogP contribution >= 0.6 is 0 Å². The highest BCUT2D eigenvalue weighted by Gasteiger charge is 2.28. The quantitative estimate of drug-likeness (QED) is 0.743. The molecule has 5 heteroatoms. The average molecular weight is 333 g/mol. The molecule has 1 saturated heterocycles. The van der Waals surface area contributed by atoms with Gasteiger partial charge in [-0.15, -0.1) is 0 Å². The van der Waals surface area contributed by atoms with E-state index in [-0.39, 0.29) is 11.9 Å². The van der Waals surface area contributed by atoms with Gasteiger partial charge >= 0.3 is 0 Å². The molecular formula is C19H31N3O2. The van der Waals surface area contributed by atoms with E-state index in [2.05, 4.69) is 17.2 Å². The Morgan fingerprint density at radius 2 is 2.29 bits per heavy atom. The molecule has 1 aromatic heterocycles. The molecule has 2 rings (SSSR count). The van der Waals surface area contributed by atoms with Gasteiger partial charge in [-0.25, -0.2) is 0 Å². The maximum absolute atomic E-state index is 13.0. The Morgan fingerprint density at radius 1 is 1.42 bits per heavy atom. The number of nitrogens with zero attached hydrogens (tertiary/aromatic N) is 2. The van der Waals surface area contributed by atoms with Gasteiger partial charge < -0.3 is 15.0 Å². The van der Waals surface area contributed by atoms with Crippen molar-refractivity contribution in [1.29, 1.82) is 0 Å². The van der Waals surface area contributed by atoms with Crippen molar-refractivity contribution in [3.63, 3.8) is 0 Å². The topological polar surface area (TPSA) is 54.5 Å². The lowest BCUT2D eigenvalue weighted by atomic mass is 10.1. The van der Waals surface area contributed by atoms with Gasteiger partial charge in [-0.2, -0.15) is 0 Å². The van der Waals surface area contributed by atoms with Gasteiger partial charge in [0.05, 0.1) is 12.2 Å². The van der Waals surface area contributed by atoms with E-state index in [1.54, 1.807) is 6.20 Å². The molecule has 1 fully saturated rings. The second-order valence-corrected chi connectivity index (χ2v) is 6.49. The standard InChI is InChI=1S/C19H31N3O2/c1-3-4-14-24-16(2)19(23)22(15-17-8-5-6-12-21-17)18-9-7-11-20-13-10-18/h5-6,8,12,16,18,20H,3-4,7,9-11,13-15H2,1-2H3. The molecule has 24 heavy (non-hydrogen) atoms. The van der Waals surface area contributed by atoms with Crippen molar-refractivity contribution in [2.24, 2.45) is 0 Å². The predicted molar refractivity (Wildman–Crippen MR) is 95.6 cm³/mol. The molecule has 1 aliphatic rings. The Kier molecular flexibility index (Phi) is 8.19. The Balaban J connectivity index is 2.06. The number of hydrogen-bond acceptors (Lipinski definition) is 4. The summed E-state index contributed by atoms with van der Waals surface area (Å²) in [4.78, 5) is 19.4. The lowest BCUT2D eigenvalue weighted by Crippen LogP contribution is -2.45. The van der Waals surface area contributed by atoms with Crippen LogP contribution in [-0.4, -0.2) is 47.6 Å². The third kappa shape index (κ3) is 5.87. The molecular weight excluding hydrogens is 302 g/mol. The summed E-state index contributed by atoms with van der Waals surface area (Å²) in [7, 11) is 0. The van der Waals surface area contributed by atoms with Crippen LogP contribution in [0.5, 0.6) is 0 Å². The van der Waals surface area contributed by atoms with Crippen LogP contribution in [0.4, 0.5) is 0 Å². The van der Waals surface area contributed by atoms with Crippen LogP contribution in [0.2, 0.25) is 0 Å². The summed E-state index contributed by atoms with van der Waals surface area (Å²) < 4.78 is 5.76. The highest BCUT2D eigenvalue weighted by Crippen LogP contribution is 2.18. The van der Waals surface area contributed by atoms with Crippen LogP contribution in [0.3, 0.4) is 0 Å². The summed E-state index contributed by atoms with van der Waals surface area (Å²) in [5.74, 6) is 0.0867. The molecule has 2 unspecified atom stereocenters. The highest BCUT2D eigenvalue weighted by molar-refractivity contribution is 5.80. The van der Waals surface area contributed by atoms with E-state index in [1.165, 1.54) is 0 Å². The average Bonchev–Trinajstić information content (AvgIpc) is 2.89. The number of amides is 1. The Labute approximate surface area is 145 Å². The van der Waals surface area contributed by atoms with Crippen molar-refractivity contribution in [3.8, 4) is 0 Å². The molecule has 2 atom stereocenters. The Bertz CT molecular complexity index is 473. The van der Waals surface area contributed by atoms with E-state index in [9.17, 15) is 4.79 Å². The van der Waals surface area contributed by atoms with Crippen molar-refractivity contribution in [1.82, 2.24) is 15.2 Å². The molecule has 1 N–H and O–H groups in total. The van der Waals surface area contributed by atoms with Gasteiger partial charge in [0.15, 0.2) is 0 Å². The molecule has 0 saturated carbocycles. The molecule has 134 valence electrons. The van der Waals surface area contributed by atoms with Crippen LogP contribution in [0, 0.1) is 0 Å². The first kappa shape index (κ1) is 18.9. The minimum atomic E-state index is -0.392. The van der Waals surface area contributed by atoms with Crippen LogP contribution in [0.25, 0.3) is 0 Å². The molecule has 0 bridgehead atoms. The Morgan fingerprint density at radius 3 is 3.04 bits per heavy atom. The lowest BCUT2D eigenvalue weighted by Gasteiger charge is -2.33. The summed E-state index contributed by atoms with van der Waals surface area (Å²) in [5.41, 5.74) is 0.934. The summed E-state index contributed by atoms with van der Waals surface area (Å²) >= 11 is 0. The molecule has 0 spiro atoms. The fourth-order valence-corrected chi connectivity index (χ4v) is 3.07. The maximum Gasteiger partial charge on any atom is 0.252 e. The van der Waals surface area contributed by atoms with Crippen molar-refractivity contribution < 1.29 is 9.53 Å². The predicted octanol–water partition coefficient (Wildman–Crippen LogP) is 2.76. The van der Waals surface area contributed by atoms with Crippen LogP contribution in [0.15, 0.2) is 24.4 Å². The number of nitrogens with one attached hydrogen (secondary N) is 1. The van der Waals surface area contributed by atoms with Crippen LogP contribution in [-0.2, 0) is 16.1 Å². The SMILES string of the molecule is CCCCOC(C)C(=O)N(Cc1ccccn1)C1CCCNCC1. The van der Waals surface area contributed by atoms with Gasteiger partial charge in [0.25, 0.3) is 5.91 Å². The van der Waals surface area contributed by atoms with Crippen molar-refractivity contribution in [3.05, 3.63) is 30.1 Å². The normalized spacial score (nSPS) is 19.5. The molecule has 1 amide bonds. The van der Waals surface area contributed by atoms with Crippen LogP contribution in [0.1, 0.15) is 51.6 Å². The summed E-state index contributed by atoms with van der Waals surface area (Å²) in [5, 5.41) is 3.42. The minimum Gasteiger partial charge on any atom is -0.369 e. The van der Waals surface area contributed by atoms with Gasteiger partial charge in [0.1, 0.15) is 6.10 Å². The van der Waals surface area contributed by atoms with E-state index in [0.717, 1.165) is 50.9 Å². The molecule has 0 radical (unpaired) electrons. The minimum absolute atomic E-state index is 0.0867. The van der Waals surface area contributed by atoms with Crippen molar-refractivity contribution >= 4 is 5.91 Å². The third-order valence-corrected chi connectivity index (χ3v) is 4.54. The number of hydrogen-bond donors (Lipinski definition) is 1. The second kappa shape index (κ2) is 10.4. The number of ether oxygens (including phenoxy) is 1. The third-order valence-electron chi connectivity index (χ3n) is 4.54. The monoisotopic (exact) mass is 333 g/mol. The summed E-state index contributed by atoms with van der Waals surface area (Å²) in [6, 6.07) is 6.12. The molecule has 1 aliphatic heterocycles. The van der Waals surface area contributed by atoms with E-state index in [1.807, 2.05) is 30.0 Å². The zero-order chi connectivity index (χ0) is 17.2. The number of carbonyl (C=O) groups is 1. The van der Waals surface area contributed by atoms with Crippen molar-refractivity contribution in [2.45, 2.75) is 64.6 Å². The Hall–Kier alpha value is -1.46. The highest BCUT2D eigenvalue weighted by atomic mass is 16.5. The van der Waals surface area contributed by atoms with Crippen molar-refractivity contribution in [2.75, 3.05) is 19.7 Å². The van der Waals surface area contributed by atoms with Gasteiger partial charge in [-0.3, -0.25) is 9.78 Å².